The number of hydrogen-bond donors (Lipinski definition) is 3. The number of carboxylic acid groups (broad SMARTS) is 1. The van der Waals surface area contributed by atoms with Gasteiger partial charge in [-0.3, -0.25) is 0 Å². The van der Waals surface area contributed by atoms with E-state index in [4.69, 9.17) is 0 Å². The molecule has 0 aliphatic heterocycles. The maximum atomic E-state index is 12.1. The van der Waals surface area contributed by atoms with Crippen LogP contribution in [0.15, 0.2) is 136 Å². The first kappa shape index (κ1) is 25.4. The molecule has 0 aromatic heterocycles. The molecular weight excluding hydrogens is 516 g/mol. The molecule has 0 unspecified atom stereocenters. The van der Waals surface area contributed by atoms with Gasteiger partial charge in [0.1, 0.15) is 22.9 Å². The monoisotopic (exact) mass is 538 g/mol. The van der Waals surface area contributed by atoms with Crippen LogP contribution in [0.4, 0.5) is 22.7 Å². The minimum absolute atomic E-state index is 0.0181. The Balaban J connectivity index is 1.28. The molecule has 198 valence electrons. The van der Waals surface area contributed by atoms with Crippen molar-refractivity contribution in [1.82, 2.24) is 0 Å². The maximum Gasteiger partial charge on any atom is 0.336 e. The van der Waals surface area contributed by atoms with Crippen LogP contribution < -0.4 is 0 Å². The Hall–Kier alpha value is -5.89. The van der Waals surface area contributed by atoms with E-state index in [1.165, 1.54) is 6.07 Å². The zero-order chi connectivity index (χ0) is 28.3. The Morgan fingerprint density at radius 3 is 1.61 bits per heavy atom. The number of aromatic carboxylic acids is 1. The number of azo groups is 2. The van der Waals surface area contributed by atoms with Crippen molar-refractivity contribution in [3.63, 3.8) is 0 Å². The third-order valence-electron chi connectivity index (χ3n) is 6.70. The number of rotatable bonds is 6. The smallest absolute Gasteiger partial charge is 0.336 e. The number of hydrogen-bond acceptors (Lipinski definition) is 7. The van der Waals surface area contributed by atoms with Gasteiger partial charge < -0.3 is 15.3 Å². The minimum Gasteiger partial charge on any atom is -0.506 e. The van der Waals surface area contributed by atoms with Crippen molar-refractivity contribution in [3.05, 3.63) is 121 Å². The molecule has 0 fully saturated rings. The Morgan fingerprint density at radius 2 is 1.05 bits per heavy atom. The summed E-state index contributed by atoms with van der Waals surface area (Å²) in [4.78, 5) is 12.1. The highest BCUT2D eigenvalue weighted by Gasteiger charge is 2.14. The first-order valence-electron chi connectivity index (χ1n) is 12.7. The van der Waals surface area contributed by atoms with Crippen LogP contribution in [0.25, 0.3) is 32.7 Å². The second-order valence-corrected chi connectivity index (χ2v) is 9.29. The summed E-state index contributed by atoms with van der Waals surface area (Å²) < 4.78 is 0. The molecule has 6 rings (SSSR count). The van der Waals surface area contributed by atoms with Gasteiger partial charge in [0.25, 0.3) is 0 Å². The second-order valence-electron chi connectivity index (χ2n) is 9.29. The van der Waals surface area contributed by atoms with Gasteiger partial charge in [0, 0.05) is 10.8 Å². The van der Waals surface area contributed by atoms with Gasteiger partial charge in [0.2, 0.25) is 0 Å². The van der Waals surface area contributed by atoms with E-state index in [2.05, 4.69) is 20.5 Å². The highest BCUT2D eigenvalue weighted by molar-refractivity contribution is 5.98. The molecule has 0 bridgehead atoms. The quantitative estimate of drug-likeness (QED) is 0.182. The zero-order valence-corrected chi connectivity index (χ0v) is 21.5. The van der Waals surface area contributed by atoms with Crippen LogP contribution in [0.1, 0.15) is 10.4 Å². The largest absolute Gasteiger partial charge is 0.506 e. The van der Waals surface area contributed by atoms with E-state index in [0.29, 0.717) is 33.9 Å². The Morgan fingerprint density at radius 1 is 0.537 bits per heavy atom. The zero-order valence-electron chi connectivity index (χ0n) is 21.5. The standard InChI is InChI=1S/C33H22N4O4/c38-29-17-11-20-5-1-3-7-26(20)31(29)36-34-23-13-9-22(10-14-23)25-16-15-24(19-28(25)33(40)41)35-37-32-27-8-4-2-6-21(27)12-18-30(32)39/h1-19,38-39H,(H,40,41). The fraction of sp³-hybridized carbons (Fsp3) is 0. The fourth-order valence-corrected chi connectivity index (χ4v) is 4.64. The van der Waals surface area contributed by atoms with Gasteiger partial charge in [0.05, 0.1) is 16.9 Å². The first-order valence-corrected chi connectivity index (χ1v) is 12.7. The van der Waals surface area contributed by atoms with Crippen LogP contribution in [0.5, 0.6) is 11.5 Å². The minimum atomic E-state index is -1.11. The summed E-state index contributed by atoms with van der Waals surface area (Å²) in [6, 6.07) is 33.6. The summed E-state index contributed by atoms with van der Waals surface area (Å²) in [5.74, 6) is -1.10. The average Bonchev–Trinajstić information content (AvgIpc) is 3.00. The lowest BCUT2D eigenvalue weighted by molar-refractivity contribution is 0.0697. The molecule has 0 spiro atoms. The summed E-state index contributed by atoms with van der Waals surface area (Å²) in [6.07, 6.45) is 0. The maximum absolute atomic E-state index is 12.1. The highest BCUT2D eigenvalue weighted by Crippen LogP contribution is 2.38. The topological polar surface area (TPSA) is 127 Å². The number of fused-ring (bicyclic) bond motifs is 2. The molecular formula is C33H22N4O4. The predicted octanol–water partition coefficient (Wildman–Crippen LogP) is 9.60. The molecule has 6 aromatic carbocycles. The number of nitrogens with zero attached hydrogens (tertiary/aromatic N) is 4. The van der Waals surface area contributed by atoms with Crippen LogP contribution in [-0.2, 0) is 0 Å². The molecule has 8 heteroatoms. The van der Waals surface area contributed by atoms with E-state index in [0.717, 1.165) is 21.5 Å². The molecule has 0 radical (unpaired) electrons. The van der Waals surface area contributed by atoms with E-state index >= 15 is 0 Å². The van der Waals surface area contributed by atoms with E-state index in [9.17, 15) is 20.1 Å². The Bertz CT molecular complexity index is 2000. The summed E-state index contributed by atoms with van der Waals surface area (Å²) in [5, 5.41) is 50.9. The average molecular weight is 539 g/mol. The van der Waals surface area contributed by atoms with Gasteiger partial charge >= 0.3 is 5.97 Å². The first-order chi connectivity index (χ1) is 20.0. The van der Waals surface area contributed by atoms with Crippen LogP contribution in [0, 0.1) is 0 Å². The molecule has 0 saturated heterocycles. The fourth-order valence-electron chi connectivity index (χ4n) is 4.64. The van der Waals surface area contributed by atoms with Crippen molar-refractivity contribution < 1.29 is 20.1 Å². The van der Waals surface area contributed by atoms with Crippen molar-refractivity contribution in [2.75, 3.05) is 0 Å². The lowest BCUT2D eigenvalue weighted by Crippen LogP contribution is -1.99. The van der Waals surface area contributed by atoms with Crippen molar-refractivity contribution in [1.29, 1.82) is 0 Å². The number of aromatic hydroxyl groups is 2. The van der Waals surface area contributed by atoms with Crippen molar-refractivity contribution in [2.24, 2.45) is 20.5 Å². The van der Waals surface area contributed by atoms with Gasteiger partial charge in [-0.15, -0.1) is 10.2 Å². The summed E-state index contributed by atoms with van der Waals surface area (Å²) in [6.45, 7) is 0. The van der Waals surface area contributed by atoms with Crippen molar-refractivity contribution >= 4 is 50.3 Å². The van der Waals surface area contributed by atoms with Crippen molar-refractivity contribution in [3.8, 4) is 22.6 Å². The molecule has 0 amide bonds. The van der Waals surface area contributed by atoms with Gasteiger partial charge in [-0.2, -0.15) is 10.2 Å². The second kappa shape index (κ2) is 10.7. The number of benzene rings is 6. The van der Waals surface area contributed by atoms with Gasteiger partial charge in [-0.05, 0) is 58.3 Å². The molecule has 0 aliphatic carbocycles. The summed E-state index contributed by atoms with van der Waals surface area (Å²) in [5.41, 5.74) is 2.78. The van der Waals surface area contributed by atoms with Gasteiger partial charge in [0.15, 0.2) is 0 Å². The number of carboxylic acids is 1. The van der Waals surface area contributed by atoms with Crippen LogP contribution in [-0.4, -0.2) is 21.3 Å². The molecule has 0 atom stereocenters. The molecule has 0 saturated carbocycles. The molecule has 0 aliphatic rings. The van der Waals surface area contributed by atoms with Gasteiger partial charge in [-0.1, -0.05) is 78.9 Å². The van der Waals surface area contributed by atoms with Crippen LogP contribution in [0.3, 0.4) is 0 Å². The predicted molar refractivity (Wildman–Crippen MR) is 158 cm³/mol. The molecule has 8 nitrogen and oxygen atoms in total. The van der Waals surface area contributed by atoms with Crippen molar-refractivity contribution in [2.45, 2.75) is 0 Å². The summed E-state index contributed by atoms with van der Waals surface area (Å²) >= 11 is 0. The number of phenols is 2. The van der Waals surface area contributed by atoms with Crippen LogP contribution >= 0.6 is 0 Å². The molecule has 3 N–H and O–H groups in total. The SMILES string of the molecule is O=C(O)c1cc(N=Nc2c(O)ccc3ccccc23)ccc1-c1ccc(N=Nc2c(O)ccc3ccccc23)cc1. The lowest BCUT2D eigenvalue weighted by atomic mass is 9.99. The molecule has 0 heterocycles. The molecule has 6 aromatic rings. The van der Waals surface area contributed by atoms with Gasteiger partial charge in [-0.25, -0.2) is 4.79 Å². The lowest BCUT2D eigenvalue weighted by Gasteiger charge is -2.08. The highest BCUT2D eigenvalue weighted by atomic mass is 16.4. The number of carbonyl (C=O) groups is 1. The molecule has 41 heavy (non-hydrogen) atoms. The van der Waals surface area contributed by atoms with E-state index < -0.39 is 5.97 Å². The van der Waals surface area contributed by atoms with E-state index in [1.54, 1.807) is 54.6 Å². The third kappa shape index (κ3) is 5.09. The Kier molecular flexibility index (Phi) is 6.63. The van der Waals surface area contributed by atoms with Crippen LogP contribution in [0.2, 0.25) is 0 Å². The Labute approximate surface area is 234 Å². The van der Waals surface area contributed by atoms with E-state index in [-0.39, 0.29) is 17.1 Å². The summed E-state index contributed by atoms with van der Waals surface area (Å²) in [7, 11) is 0. The van der Waals surface area contributed by atoms with E-state index in [1.807, 2.05) is 54.6 Å². The normalized spacial score (nSPS) is 11.6. The number of phenolic OH excluding ortho intramolecular Hbond substituents is 2. The third-order valence-corrected chi connectivity index (χ3v) is 6.70.